The SMILES string of the molecule is COCCCNC(=O)CNc1ccc(Br)cc1Br. The number of rotatable bonds is 7. The smallest absolute Gasteiger partial charge is 0.239 e. The standard InChI is InChI=1S/C12H16Br2N2O2/c1-18-6-2-5-15-12(17)8-16-11-4-3-9(13)7-10(11)14/h3-4,7,16H,2,5-6,8H2,1H3,(H,15,17). The molecule has 2 N–H and O–H groups in total. The third kappa shape index (κ3) is 5.84. The first-order valence-corrected chi connectivity index (χ1v) is 7.16. The number of hydrogen-bond acceptors (Lipinski definition) is 3. The number of carbonyl (C=O) groups is 1. The quantitative estimate of drug-likeness (QED) is 0.716. The van der Waals surface area contributed by atoms with Crippen molar-refractivity contribution in [2.24, 2.45) is 0 Å². The van der Waals surface area contributed by atoms with Crippen LogP contribution in [0.3, 0.4) is 0 Å². The van der Waals surface area contributed by atoms with Gasteiger partial charge in [-0.3, -0.25) is 4.79 Å². The highest BCUT2D eigenvalue weighted by molar-refractivity contribution is 9.11. The molecule has 0 aromatic heterocycles. The molecule has 0 aliphatic rings. The lowest BCUT2D eigenvalue weighted by Crippen LogP contribution is -2.31. The van der Waals surface area contributed by atoms with E-state index in [1.807, 2.05) is 18.2 Å². The van der Waals surface area contributed by atoms with Crippen molar-refractivity contribution < 1.29 is 9.53 Å². The molecular formula is C12H16Br2N2O2. The maximum Gasteiger partial charge on any atom is 0.239 e. The summed E-state index contributed by atoms with van der Waals surface area (Å²) in [6.07, 6.45) is 0.824. The molecule has 1 aromatic carbocycles. The van der Waals surface area contributed by atoms with Crippen molar-refractivity contribution in [3.8, 4) is 0 Å². The Morgan fingerprint density at radius 1 is 1.39 bits per heavy atom. The molecule has 0 unspecified atom stereocenters. The predicted octanol–water partition coefficient (Wildman–Crippen LogP) is 2.78. The number of amides is 1. The van der Waals surface area contributed by atoms with E-state index in [-0.39, 0.29) is 12.5 Å². The summed E-state index contributed by atoms with van der Waals surface area (Å²) in [6, 6.07) is 5.76. The van der Waals surface area contributed by atoms with Crippen molar-refractivity contribution in [1.82, 2.24) is 5.32 Å². The molecule has 0 spiro atoms. The molecule has 0 radical (unpaired) electrons. The van der Waals surface area contributed by atoms with Crippen molar-refractivity contribution in [3.63, 3.8) is 0 Å². The Hall–Kier alpha value is -0.590. The molecule has 0 bridgehead atoms. The van der Waals surface area contributed by atoms with Crippen LogP contribution in [0.5, 0.6) is 0 Å². The number of hydrogen-bond donors (Lipinski definition) is 2. The first kappa shape index (κ1) is 15.5. The van der Waals surface area contributed by atoms with E-state index in [9.17, 15) is 4.79 Å². The van der Waals surface area contributed by atoms with Gasteiger partial charge in [-0.15, -0.1) is 0 Å². The fraction of sp³-hybridized carbons (Fsp3) is 0.417. The van der Waals surface area contributed by atoms with Crippen molar-refractivity contribution in [2.45, 2.75) is 6.42 Å². The molecule has 0 heterocycles. The zero-order valence-electron chi connectivity index (χ0n) is 10.1. The zero-order chi connectivity index (χ0) is 13.4. The Bertz CT molecular complexity index is 400. The van der Waals surface area contributed by atoms with Gasteiger partial charge >= 0.3 is 0 Å². The average Bonchev–Trinajstić information content (AvgIpc) is 2.33. The molecule has 0 saturated heterocycles. The van der Waals surface area contributed by atoms with Crippen LogP contribution >= 0.6 is 31.9 Å². The largest absolute Gasteiger partial charge is 0.385 e. The lowest BCUT2D eigenvalue weighted by molar-refractivity contribution is -0.119. The van der Waals surface area contributed by atoms with Crippen LogP contribution in [0.1, 0.15) is 6.42 Å². The summed E-state index contributed by atoms with van der Waals surface area (Å²) in [4.78, 5) is 11.5. The van der Waals surface area contributed by atoms with E-state index in [1.54, 1.807) is 7.11 Å². The summed E-state index contributed by atoms with van der Waals surface area (Å²) in [5.74, 6) is -0.0269. The Balaban J connectivity index is 2.29. The second kappa shape index (κ2) is 8.50. The number of methoxy groups -OCH3 is 1. The topological polar surface area (TPSA) is 50.4 Å². The maximum atomic E-state index is 11.5. The predicted molar refractivity (Wildman–Crippen MR) is 79.8 cm³/mol. The van der Waals surface area contributed by atoms with Crippen LogP contribution < -0.4 is 10.6 Å². The average molecular weight is 380 g/mol. The van der Waals surface area contributed by atoms with Gasteiger partial charge in [-0.05, 0) is 40.5 Å². The molecule has 100 valence electrons. The normalized spacial score (nSPS) is 10.2. The molecule has 0 fully saturated rings. The molecule has 0 atom stereocenters. The van der Waals surface area contributed by atoms with Gasteiger partial charge in [-0.2, -0.15) is 0 Å². The van der Waals surface area contributed by atoms with Gasteiger partial charge in [0, 0.05) is 34.9 Å². The van der Waals surface area contributed by atoms with E-state index in [0.717, 1.165) is 21.1 Å². The number of nitrogens with one attached hydrogen (secondary N) is 2. The Morgan fingerprint density at radius 2 is 2.17 bits per heavy atom. The van der Waals surface area contributed by atoms with E-state index >= 15 is 0 Å². The van der Waals surface area contributed by atoms with Gasteiger partial charge in [-0.25, -0.2) is 0 Å². The Kier molecular flexibility index (Phi) is 7.31. The van der Waals surface area contributed by atoms with E-state index in [1.165, 1.54) is 0 Å². The van der Waals surface area contributed by atoms with E-state index < -0.39 is 0 Å². The minimum Gasteiger partial charge on any atom is -0.385 e. The second-order valence-corrected chi connectivity index (χ2v) is 5.44. The van der Waals surface area contributed by atoms with Gasteiger partial charge in [0.05, 0.1) is 6.54 Å². The van der Waals surface area contributed by atoms with Crippen LogP contribution in [0.15, 0.2) is 27.1 Å². The first-order valence-electron chi connectivity index (χ1n) is 5.58. The van der Waals surface area contributed by atoms with E-state index in [2.05, 4.69) is 42.5 Å². The lowest BCUT2D eigenvalue weighted by atomic mass is 10.3. The summed E-state index contributed by atoms with van der Waals surface area (Å²) in [5, 5.41) is 5.88. The van der Waals surface area contributed by atoms with Gasteiger partial charge in [0.2, 0.25) is 5.91 Å². The van der Waals surface area contributed by atoms with Crippen molar-refractivity contribution in [2.75, 3.05) is 32.1 Å². The molecule has 18 heavy (non-hydrogen) atoms. The van der Waals surface area contributed by atoms with Crippen LogP contribution in [-0.2, 0) is 9.53 Å². The van der Waals surface area contributed by atoms with Gasteiger partial charge in [0.15, 0.2) is 0 Å². The van der Waals surface area contributed by atoms with Gasteiger partial charge in [-0.1, -0.05) is 15.9 Å². The summed E-state index contributed by atoms with van der Waals surface area (Å²) < 4.78 is 6.81. The third-order valence-electron chi connectivity index (χ3n) is 2.22. The number of carbonyl (C=O) groups excluding carboxylic acids is 1. The first-order chi connectivity index (χ1) is 8.63. The van der Waals surface area contributed by atoms with Crippen LogP contribution in [0, 0.1) is 0 Å². The van der Waals surface area contributed by atoms with Crippen molar-refractivity contribution in [1.29, 1.82) is 0 Å². The van der Waals surface area contributed by atoms with Crippen LogP contribution in [-0.4, -0.2) is 32.7 Å². The summed E-state index contributed by atoms with van der Waals surface area (Å²) in [5.41, 5.74) is 0.894. The zero-order valence-corrected chi connectivity index (χ0v) is 13.3. The summed E-state index contributed by atoms with van der Waals surface area (Å²) >= 11 is 6.81. The molecule has 1 aromatic rings. The third-order valence-corrected chi connectivity index (χ3v) is 3.37. The highest BCUT2D eigenvalue weighted by Crippen LogP contribution is 2.25. The second-order valence-electron chi connectivity index (χ2n) is 3.67. The highest BCUT2D eigenvalue weighted by atomic mass is 79.9. The monoisotopic (exact) mass is 378 g/mol. The van der Waals surface area contributed by atoms with Gasteiger partial charge in [0.25, 0.3) is 0 Å². The van der Waals surface area contributed by atoms with Crippen LogP contribution in [0.2, 0.25) is 0 Å². The Morgan fingerprint density at radius 3 is 2.83 bits per heavy atom. The fourth-order valence-electron chi connectivity index (χ4n) is 1.32. The van der Waals surface area contributed by atoms with Crippen LogP contribution in [0.4, 0.5) is 5.69 Å². The number of halogens is 2. The van der Waals surface area contributed by atoms with E-state index in [0.29, 0.717) is 13.2 Å². The van der Waals surface area contributed by atoms with Crippen molar-refractivity contribution >= 4 is 43.5 Å². The van der Waals surface area contributed by atoms with E-state index in [4.69, 9.17) is 4.74 Å². The minimum absolute atomic E-state index is 0.0269. The minimum atomic E-state index is -0.0269. The summed E-state index contributed by atoms with van der Waals surface area (Å²) in [7, 11) is 1.65. The van der Waals surface area contributed by atoms with Crippen LogP contribution in [0.25, 0.3) is 0 Å². The number of ether oxygens (including phenoxy) is 1. The molecule has 0 saturated carbocycles. The molecule has 4 nitrogen and oxygen atoms in total. The summed E-state index contributed by atoms with van der Waals surface area (Å²) in [6.45, 7) is 1.55. The molecule has 6 heteroatoms. The molecule has 0 aliphatic carbocycles. The Labute approximate surface area is 124 Å². The fourth-order valence-corrected chi connectivity index (χ4v) is 2.50. The number of benzene rings is 1. The van der Waals surface area contributed by atoms with Gasteiger partial charge < -0.3 is 15.4 Å². The number of anilines is 1. The molecule has 1 amide bonds. The van der Waals surface area contributed by atoms with Crippen molar-refractivity contribution in [3.05, 3.63) is 27.1 Å². The van der Waals surface area contributed by atoms with Gasteiger partial charge in [0.1, 0.15) is 0 Å². The molecule has 0 aliphatic heterocycles. The molecular weight excluding hydrogens is 364 g/mol. The highest BCUT2D eigenvalue weighted by Gasteiger charge is 2.03. The molecule has 1 rings (SSSR count). The maximum absolute atomic E-state index is 11.5. The lowest BCUT2D eigenvalue weighted by Gasteiger charge is -2.09.